The molecule has 0 saturated heterocycles. The Bertz CT molecular complexity index is 1570. The van der Waals surface area contributed by atoms with Gasteiger partial charge in [0, 0.05) is 11.1 Å². The van der Waals surface area contributed by atoms with Crippen molar-refractivity contribution in [3.8, 4) is 72.4 Å². The van der Waals surface area contributed by atoms with Gasteiger partial charge in [-0.1, -0.05) is 84.3 Å². The highest BCUT2D eigenvalue weighted by atomic mass is 16.5. The summed E-state index contributed by atoms with van der Waals surface area (Å²) in [4.78, 5) is 0. The summed E-state index contributed by atoms with van der Waals surface area (Å²) in [6, 6.07) is 29.7. The van der Waals surface area contributed by atoms with E-state index in [1.54, 1.807) is 28.4 Å². The highest BCUT2D eigenvalue weighted by Crippen LogP contribution is 2.34. The Balaban J connectivity index is 0.000000250. The number of rotatable bonds is 12. The molecular weight excluding hydrogens is 576 g/mol. The molecule has 0 aliphatic rings. The largest absolute Gasteiger partial charge is 0.497 e. The lowest BCUT2D eigenvalue weighted by molar-refractivity contribution is 0.0488. The zero-order valence-corrected chi connectivity index (χ0v) is 26.3. The summed E-state index contributed by atoms with van der Waals surface area (Å²) in [5.74, 6) is 13.3. The third-order valence-electron chi connectivity index (χ3n) is 6.83. The first-order valence-corrected chi connectivity index (χ1v) is 14.2. The highest BCUT2D eigenvalue weighted by molar-refractivity contribution is 5.41. The van der Waals surface area contributed by atoms with E-state index in [1.807, 2.05) is 97.1 Å². The molecule has 6 heteroatoms. The van der Waals surface area contributed by atoms with E-state index in [9.17, 15) is 0 Å². The minimum absolute atomic E-state index is 0.538. The number of ether oxygens (including phenoxy) is 6. The van der Waals surface area contributed by atoms with Gasteiger partial charge in [0.25, 0.3) is 0 Å². The van der Waals surface area contributed by atoms with Gasteiger partial charge in [-0.25, -0.2) is 0 Å². The standard InChI is InChI=1S/2C20H18O3/c1-5-19(15-7-11-17(21-3)12-8-15)23-20(6-2)16-9-13-18(22-4)14-10-16;1-5-17(15-11-7-9-13-19(15)21-3)23-18(6-2)16-12-8-10-14-20(16)22-4/h1-2,7-14,19-20H,3-4H3;1-2,7-14,17-18H,3-4H3. The molecule has 4 aromatic carbocycles. The smallest absolute Gasteiger partial charge is 0.148 e. The van der Waals surface area contributed by atoms with Gasteiger partial charge in [-0.3, -0.25) is 0 Å². The highest BCUT2D eigenvalue weighted by Gasteiger charge is 2.22. The van der Waals surface area contributed by atoms with Crippen LogP contribution in [-0.2, 0) is 9.47 Å². The monoisotopic (exact) mass is 612 g/mol. The molecule has 0 heterocycles. The number of terminal acetylenes is 4. The first kappa shape index (κ1) is 34.7. The molecule has 232 valence electrons. The molecule has 0 aliphatic heterocycles. The predicted molar refractivity (Wildman–Crippen MR) is 180 cm³/mol. The van der Waals surface area contributed by atoms with Crippen molar-refractivity contribution in [1.29, 1.82) is 0 Å². The zero-order valence-electron chi connectivity index (χ0n) is 26.3. The van der Waals surface area contributed by atoms with Crippen molar-refractivity contribution in [3.05, 3.63) is 119 Å². The van der Waals surface area contributed by atoms with E-state index >= 15 is 0 Å². The Hall–Kier alpha value is -5.76. The first-order valence-electron chi connectivity index (χ1n) is 14.2. The Morgan fingerprint density at radius 1 is 0.413 bits per heavy atom. The fraction of sp³-hybridized carbons (Fsp3) is 0.200. The van der Waals surface area contributed by atoms with Gasteiger partial charge in [0.15, 0.2) is 0 Å². The summed E-state index contributed by atoms with van der Waals surface area (Å²) >= 11 is 0. The Kier molecular flexibility index (Phi) is 13.7. The fourth-order valence-corrected chi connectivity index (χ4v) is 4.43. The van der Waals surface area contributed by atoms with Crippen molar-refractivity contribution in [2.45, 2.75) is 24.4 Å². The summed E-state index contributed by atoms with van der Waals surface area (Å²) < 4.78 is 32.9. The second kappa shape index (κ2) is 18.1. The molecule has 0 spiro atoms. The molecule has 0 saturated carbocycles. The quantitative estimate of drug-likeness (QED) is 0.154. The van der Waals surface area contributed by atoms with E-state index < -0.39 is 24.4 Å². The Morgan fingerprint density at radius 2 is 0.739 bits per heavy atom. The van der Waals surface area contributed by atoms with Crippen LogP contribution >= 0.6 is 0 Å². The third-order valence-corrected chi connectivity index (χ3v) is 6.83. The van der Waals surface area contributed by atoms with E-state index in [1.165, 1.54) is 0 Å². The maximum absolute atomic E-state index is 5.97. The minimum Gasteiger partial charge on any atom is -0.497 e. The van der Waals surface area contributed by atoms with Gasteiger partial charge in [0.1, 0.15) is 47.4 Å². The molecule has 0 fully saturated rings. The Morgan fingerprint density at radius 3 is 1.04 bits per heavy atom. The van der Waals surface area contributed by atoms with Crippen molar-refractivity contribution >= 4 is 0 Å². The number of methoxy groups -OCH3 is 4. The second-order valence-electron chi connectivity index (χ2n) is 9.49. The van der Waals surface area contributed by atoms with Crippen LogP contribution in [0.2, 0.25) is 0 Å². The van der Waals surface area contributed by atoms with Gasteiger partial charge in [-0.05, 0) is 47.5 Å². The molecule has 0 radical (unpaired) electrons. The molecule has 6 nitrogen and oxygen atoms in total. The summed E-state index contributed by atoms with van der Waals surface area (Å²) in [6.45, 7) is 0. The molecule has 0 bridgehead atoms. The van der Waals surface area contributed by atoms with E-state index in [2.05, 4.69) is 23.7 Å². The van der Waals surface area contributed by atoms with E-state index in [-0.39, 0.29) is 0 Å². The average Bonchev–Trinajstić information content (AvgIpc) is 3.13. The van der Waals surface area contributed by atoms with Crippen LogP contribution in [0.15, 0.2) is 97.1 Å². The molecule has 4 rings (SSSR count). The summed E-state index contributed by atoms with van der Waals surface area (Å²) in [5, 5.41) is 0. The van der Waals surface area contributed by atoms with Crippen molar-refractivity contribution < 1.29 is 28.4 Å². The van der Waals surface area contributed by atoms with Gasteiger partial charge >= 0.3 is 0 Å². The SMILES string of the molecule is C#CC(OC(C#C)c1ccc(OC)cc1)c1ccc(OC)cc1.C#CC(OC(C#C)c1ccccc1OC)c1ccccc1OC. The molecule has 0 N–H and O–H groups in total. The van der Waals surface area contributed by atoms with Crippen LogP contribution in [0.1, 0.15) is 46.7 Å². The lowest BCUT2D eigenvalue weighted by Gasteiger charge is -2.21. The number of benzene rings is 4. The van der Waals surface area contributed by atoms with Gasteiger partial charge in [-0.15, -0.1) is 25.7 Å². The van der Waals surface area contributed by atoms with Gasteiger partial charge in [-0.2, -0.15) is 0 Å². The molecule has 4 unspecified atom stereocenters. The molecule has 4 atom stereocenters. The molecule has 46 heavy (non-hydrogen) atoms. The number of hydrogen-bond donors (Lipinski definition) is 0. The number of para-hydroxylation sites is 2. The number of hydrogen-bond acceptors (Lipinski definition) is 6. The van der Waals surface area contributed by atoms with Gasteiger partial charge < -0.3 is 28.4 Å². The molecule has 4 aromatic rings. The maximum atomic E-state index is 5.97. The second-order valence-corrected chi connectivity index (χ2v) is 9.49. The van der Waals surface area contributed by atoms with Crippen LogP contribution in [0.3, 0.4) is 0 Å². The topological polar surface area (TPSA) is 55.4 Å². The van der Waals surface area contributed by atoms with Crippen LogP contribution in [0, 0.1) is 49.4 Å². The summed E-state index contributed by atoms with van der Waals surface area (Å²) in [6.07, 6.45) is 20.2. The minimum atomic E-state index is -0.628. The van der Waals surface area contributed by atoms with Crippen LogP contribution < -0.4 is 18.9 Å². The maximum Gasteiger partial charge on any atom is 0.148 e. The van der Waals surface area contributed by atoms with Crippen LogP contribution in [0.5, 0.6) is 23.0 Å². The summed E-state index contributed by atoms with van der Waals surface area (Å²) in [5.41, 5.74) is 3.21. The lowest BCUT2D eigenvalue weighted by Crippen LogP contribution is -2.10. The Labute approximate surface area is 272 Å². The van der Waals surface area contributed by atoms with E-state index in [0.29, 0.717) is 11.5 Å². The van der Waals surface area contributed by atoms with Gasteiger partial charge in [0.2, 0.25) is 0 Å². The molecule has 0 amide bonds. The van der Waals surface area contributed by atoms with Gasteiger partial charge in [0.05, 0.1) is 28.4 Å². The normalized spacial score (nSPS) is 12.5. The fourth-order valence-electron chi connectivity index (χ4n) is 4.43. The van der Waals surface area contributed by atoms with Crippen LogP contribution in [0.25, 0.3) is 0 Å². The van der Waals surface area contributed by atoms with Crippen molar-refractivity contribution in [2.24, 2.45) is 0 Å². The van der Waals surface area contributed by atoms with Crippen LogP contribution in [-0.4, -0.2) is 28.4 Å². The molecule has 0 aliphatic carbocycles. The average molecular weight is 613 g/mol. The van der Waals surface area contributed by atoms with E-state index in [0.717, 1.165) is 33.8 Å². The van der Waals surface area contributed by atoms with E-state index in [4.69, 9.17) is 54.1 Å². The predicted octanol–water partition coefficient (Wildman–Crippen LogP) is 7.54. The molecule has 0 aromatic heterocycles. The first-order chi connectivity index (χ1) is 22.5. The van der Waals surface area contributed by atoms with Crippen molar-refractivity contribution in [2.75, 3.05) is 28.4 Å². The summed E-state index contributed by atoms with van der Waals surface area (Å²) in [7, 11) is 6.40. The van der Waals surface area contributed by atoms with Crippen molar-refractivity contribution in [3.63, 3.8) is 0 Å². The zero-order chi connectivity index (χ0) is 33.3. The lowest BCUT2D eigenvalue weighted by atomic mass is 10.1. The third kappa shape index (κ3) is 9.12. The molecular formula is C40H36O6. The van der Waals surface area contributed by atoms with Crippen LogP contribution in [0.4, 0.5) is 0 Å². The van der Waals surface area contributed by atoms with Crippen molar-refractivity contribution in [1.82, 2.24) is 0 Å².